The molecule has 0 bridgehead atoms. The standard InChI is InChI=1S/C28H37N3O6/c1-6-36-24(32)22(17-19-13-14-21(29-18-19)20-11-7-8-12-23(20)35-5)30-25(33)28(15-9-10-16-28)31-26(34)37-27(2,3)4/h7-8,11-14,18,22H,6,9-10,15-17H2,1-5H3,(H,30,33)(H,31,34). The molecule has 2 amide bonds. The van der Waals surface area contributed by atoms with E-state index in [-0.39, 0.29) is 13.0 Å². The second-order valence-electron chi connectivity index (χ2n) is 10.2. The highest BCUT2D eigenvalue weighted by Crippen LogP contribution is 2.31. The number of methoxy groups -OCH3 is 1. The second-order valence-corrected chi connectivity index (χ2v) is 10.2. The fourth-order valence-corrected chi connectivity index (χ4v) is 4.42. The quantitative estimate of drug-likeness (QED) is 0.485. The molecule has 0 aliphatic heterocycles. The number of pyridine rings is 1. The van der Waals surface area contributed by atoms with Crippen LogP contribution in [-0.2, 0) is 25.5 Å². The molecule has 200 valence electrons. The molecule has 1 heterocycles. The van der Waals surface area contributed by atoms with Gasteiger partial charge in [-0.3, -0.25) is 9.78 Å². The Labute approximate surface area is 218 Å². The maximum Gasteiger partial charge on any atom is 0.408 e. The van der Waals surface area contributed by atoms with Gasteiger partial charge < -0.3 is 24.8 Å². The fourth-order valence-electron chi connectivity index (χ4n) is 4.42. The minimum atomic E-state index is -1.14. The summed E-state index contributed by atoms with van der Waals surface area (Å²) in [6.07, 6.45) is 3.68. The van der Waals surface area contributed by atoms with Crippen LogP contribution in [-0.4, -0.2) is 53.9 Å². The minimum Gasteiger partial charge on any atom is -0.496 e. The van der Waals surface area contributed by atoms with Crippen molar-refractivity contribution in [2.45, 2.75) is 77.0 Å². The number of hydrogen-bond acceptors (Lipinski definition) is 7. The largest absolute Gasteiger partial charge is 0.496 e. The van der Waals surface area contributed by atoms with Crippen LogP contribution in [0.15, 0.2) is 42.6 Å². The summed E-state index contributed by atoms with van der Waals surface area (Å²) in [6.45, 7) is 7.17. The molecule has 2 aromatic rings. The van der Waals surface area contributed by atoms with Gasteiger partial charge in [-0.2, -0.15) is 0 Å². The number of aromatic nitrogens is 1. The van der Waals surface area contributed by atoms with Gasteiger partial charge in [0.1, 0.15) is 22.9 Å². The average molecular weight is 512 g/mol. The Balaban J connectivity index is 1.77. The van der Waals surface area contributed by atoms with E-state index in [9.17, 15) is 14.4 Å². The summed E-state index contributed by atoms with van der Waals surface area (Å²) >= 11 is 0. The molecule has 2 N–H and O–H groups in total. The van der Waals surface area contributed by atoms with Gasteiger partial charge in [-0.05, 0) is 64.3 Å². The number of esters is 1. The first-order valence-corrected chi connectivity index (χ1v) is 12.6. The highest BCUT2D eigenvalue weighted by Gasteiger charge is 2.44. The number of rotatable bonds is 9. The Morgan fingerprint density at radius 1 is 1.08 bits per heavy atom. The Morgan fingerprint density at radius 2 is 1.78 bits per heavy atom. The molecule has 1 aromatic carbocycles. The number of ether oxygens (including phenoxy) is 3. The number of nitrogens with one attached hydrogen (secondary N) is 2. The molecule has 9 nitrogen and oxygen atoms in total. The van der Waals surface area contributed by atoms with Crippen molar-refractivity contribution in [3.05, 3.63) is 48.2 Å². The van der Waals surface area contributed by atoms with Crippen LogP contribution in [0.5, 0.6) is 5.75 Å². The summed E-state index contributed by atoms with van der Waals surface area (Å²) in [7, 11) is 1.61. The van der Waals surface area contributed by atoms with Gasteiger partial charge in [0, 0.05) is 18.2 Å². The summed E-state index contributed by atoms with van der Waals surface area (Å²) in [6, 6.07) is 10.3. The lowest BCUT2D eigenvalue weighted by atomic mass is 9.95. The van der Waals surface area contributed by atoms with Gasteiger partial charge in [0.25, 0.3) is 0 Å². The number of carbonyl (C=O) groups excluding carboxylic acids is 3. The number of carbonyl (C=O) groups is 3. The Hall–Kier alpha value is -3.62. The van der Waals surface area contributed by atoms with E-state index in [0.29, 0.717) is 18.6 Å². The third-order valence-electron chi connectivity index (χ3n) is 6.16. The molecule has 1 atom stereocenters. The summed E-state index contributed by atoms with van der Waals surface area (Å²) in [5, 5.41) is 5.61. The van der Waals surface area contributed by atoms with Crippen LogP contribution in [0.25, 0.3) is 11.3 Å². The van der Waals surface area contributed by atoms with E-state index >= 15 is 0 Å². The van der Waals surface area contributed by atoms with Gasteiger partial charge >= 0.3 is 12.1 Å². The number of amides is 2. The first kappa shape index (κ1) is 28.0. The van der Waals surface area contributed by atoms with Crippen LogP contribution < -0.4 is 15.4 Å². The van der Waals surface area contributed by atoms with Crippen LogP contribution in [0.1, 0.15) is 58.9 Å². The number of alkyl carbamates (subject to hydrolysis) is 1. The van der Waals surface area contributed by atoms with E-state index in [1.807, 2.05) is 36.4 Å². The van der Waals surface area contributed by atoms with Crippen molar-refractivity contribution in [1.82, 2.24) is 15.6 Å². The van der Waals surface area contributed by atoms with Gasteiger partial charge in [0.05, 0.1) is 19.4 Å². The van der Waals surface area contributed by atoms with E-state index in [4.69, 9.17) is 14.2 Å². The predicted molar refractivity (Wildman–Crippen MR) is 139 cm³/mol. The van der Waals surface area contributed by atoms with Gasteiger partial charge in [0.2, 0.25) is 5.91 Å². The highest BCUT2D eigenvalue weighted by atomic mass is 16.6. The molecule has 1 aliphatic carbocycles. The Bertz CT molecular complexity index is 1090. The molecule has 1 aliphatic rings. The molecular formula is C28H37N3O6. The van der Waals surface area contributed by atoms with E-state index in [2.05, 4.69) is 15.6 Å². The van der Waals surface area contributed by atoms with Crippen molar-refractivity contribution in [2.75, 3.05) is 13.7 Å². The minimum absolute atomic E-state index is 0.178. The highest BCUT2D eigenvalue weighted by molar-refractivity contribution is 5.93. The Kier molecular flexibility index (Phi) is 9.13. The molecule has 9 heteroatoms. The summed E-state index contributed by atoms with van der Waals surface area (Å²) < 4.78 is 16.0. The first-order chi connectivity index (χ1) is 17.6. The number of benzene rings is 1. The van der Waals surface area contributed by atoms with Gasteiger partial charge in [-0.25, -0.2) is 9.59 Å². The van der Waals surface area contributed by atoms with Crippen molar-refractivity contribution in [2.24, 2.45) is 0 Å². The fraction of sp³-hybridized carbons (Fsp3) is 0.500. The van der Waals surface area contributed by atoms with E-state index in [0.717, 1.165) is 29.7 Å². The van der Waals surface area contributed by atoms with Crippen molar-refractivity contribution >= 4 is 18.0 Å². The van der Waals surface area contributed by atoms with Crippen LogP contribution >= 0.6 is 0 Å². The molecule has 1 unspecified atom stereocenters. The zero-order valence-corrected chi connectivity index (χ0v) is 22.3. The maximum absolute atomic E-state index is 13.5. The monoisotopic (exact) mass is 511 g/mol. The van der Waals surface area contributed by atoms with Crippen molar-refractivity contribution in [3.63, 3.8) is 0 Å². The van der Waals surface area contributed by atoms with E-state index in [1.54, 1.807) is 41.0 Å². The van der Waals surface area contributed by atoms with Crippen LogP contribution in [0.4, 0.5) is 4.79 Å². The Morgan fingerprint density at radius 3 is 2.38 bits per heavy atom. The molecule has 3 rings (SSSR count). The van der Waals surface area contributed by atoms with Gasteiger partial charge in [0.15, 0.2) is 0 Å². The van der Waals surface area contributed by atoms with Crippen molar-refractivity contribution < 1.29 is 28.6 Å². The van der Waals surface area contributed by atoms with Crippen molar-refractivity contribution in [3.8, 4) is 17.0 Å². The summed E-state index contributed by atoms with van der Waals surface area (Å²) in [5.74, 6) is -0.263. The molecule has 1 saturated carbocycles. The lowest BCUT2D eigenvalue weighted by Crippen LogP contribution is -2.60. The molecule has 0 spiro atoms. The molecule has 1 aromatic heterocycles. The average Bonchev–Trinajstić information content (AvgIpc) is 3.32. The molecule has 0 radical (unpaired) electrons. The van der Waals surface area contributed by atoms with Crippen LogP contribution in [0.3, 0.4) is 0 Å². The third kappa shape index (κ3) is 7.44. The van der Waals surface area contributed by atoms with Gasteiger partial charge in [-0.15, -0.1) is 0 Å². The van der Waals surface area contributed by atoms with E-state index < -0.39 is 35.2 Å². The number of para-hydroxylation sites is 1. The lowest BCUT2D eigenvalue weighted by molar-refractivity contribution is -0.148. The number of hydrogen-bond donors (Lipinski definition) is 2. The molecule has 0 saturated heterocycles. The summed E-state index contributed by atoms with van der Waals surface area (Å²) in [5.41, 5.74) is 0.487. The van der Waals surface area contributed by atoms with Crippen molar-refractivity contribution in [1.29, 1.82) is 0 Å². The lowest BCUT2D eigenvalue weighted by Gasteiger charge is -2.32. The second kappa shape index (κ2) is 12.1. The van der Waals surface area contributed by atoms with Gasteiger partial charge in [-0.1, -0.05) is 31.0 Å². The van der Waals surface area contributed by atoms with E-state index in [1.165, 1.54) is 0 Å². The normalized spacial score (nSPS) is 15.4. The topological polar surface area (TPSA) is 116 Å². The first-order valence-electron chi connectivity index (χ1n) is 12.6. The predicted octanol–water partition coefficient (Wildman–Crippen LogP) is 4.19. The van der Waals surface area contributed by atoms with Crippen LogP contribution in [0.2, 0.25) is 0 Å². The smallest absolute Gasteiger partial charge is 0.408 e. The SMILES string of the molecule is CCOC(=O)C(Cc1ccc(-c2ccccc2OC)nc1)NC(=O)C1(NC(=O)OC(C)(C)C)CCCC1. The zero-order chi connectivity index (χ0) is 27.1. The maximum atomic E-state index is 13.5. The third-order valence-corrected chi connectivity index (χ3v) is 6.16. The zero-order valence-electron chi connectivity index (χ0n) is 22.3. The number of nitrogens with zero attached hydrogens (tertiary/aromatic N) is 1. The summed E-state index contributed by atoms with van der Waals surface area (Å²) in [4.78, 5) is 43.3. The van der Waals surface area contributed by atoms with Crippen LogP contribution in [0, 0.1) is 0 Å². The molecule has 37 heavy (non-hydrogen) atoms. The molecular weight excluding hydrogens is 474 g/mol. The molecule has 1 fully saturated rings.